The molecule has 0 aromatic heterocycles. The van der Waals surface area contributed by atoms with Crippen molar-refractivity contribution in [3.63, 3.8) is 0 Å². The molecular formula is C28H39N3O2. The largest absolute Gasteiger partial charge is 0.384 e. The molecule has 2 aromatic rings. The van der Waals surface area contributed by atoms with E-state index in [0.717, 1.165) is 57.5 Å². The van der Waals surface area contributed by atoms with E-state index in [0.29, 0.717) is 11.5 Å². The summed E-state index contributed by atoms with van der Waals surface area (Å²) in [7, 11) is 0. The van der Waals surface area contributed by atoms with E-state index < -0.39 is 0 Å². The molecule has 178 valence electrons. The Morgan fingerprint density at radius 1 is 1.03 bits per heavy atom. The minimum atomic E-state index is 0.0548. The van der Waals surface area contributed by atoms with Gasteiger partial charge >= 0.3 is 0 Å². The predicted molar refractivity (Wildman–Crippen MR) is 136 cm³/mol. The van der Waals surface area contributed by atoms with Crippen LogP contribution in [0.1, 0.15) is 59.7 Å². The average molecular weight is 450 g/mol. The summed E-state index contributed by atoms with van der Waals surface area (Å²) in [6.07, 6.45) is 3.60. The average Bonchev–Trinajstić information content (AvgIpc) is 3.29. The number of Topliss-reactive ketones (excluding diaryl/α,β-unsaturated/α-hetero) is 1. The Balaban J connectivity index is 1.42. The molecular weight excluding hydrogens is 410 g/mol. The van der Waals surface area contributed by atoms with Crippen molar-refractivity contribution in [3.8, 4) is 0 Å². The number of anilines is 1. The van der Waals surface area contributed by atoms with E-state index in [1.807, 2.05) is 23.1 Å². The third-order valence-corrected chi connectivity index (χ3v) is 6.52. The number of likely N-dealkylation sites (tertiary alicyclic amines) is 1. The Kier molecular flexibility index (Phi) is 9.49. The van der Waals surface area contributed by atoms with E-state index in [4.69, 9.17) is 0 Å². The van der Waals surface area contributed by atoms with Crippen molar-refractivity contribution in [1.29, 1.82) is 0 Å². The number of aryl methyl sites for hydroxylation is 2. The molecule has 1 aliphatic heterocycles. The second-order valence-electron chi connectivity index (χ2n) is 9.27. The monoisotopic (exact) mass is 449 g/mol. The lowest BCUT2D eigenvalue weighted by molar-refractivity contribution is -0.130. The summed E-state index contributed by atoms with van der Waals surface area (Å²) >= 11 is 0. The fourth-order valence-electron chi connectivity index (χ4n) is 4.52. The number of hydrogen-bond donors (Lipinski definition) is 2. The van der Waals surface area contributed by atoms with Crippen molar-refractivity contribution < 1.29 is 9.59 Å². The third kappa shape index (κ3) is 7.43. The first kappa shape index (κ1) is 25.0. The van der Waals surface area contributed by atoms with Gasteiger partial charge in [-0.2, -0.15) is 0 Å². The first-order chi connectivity index (χ1) is 16.0. The van der Waals surface area contributed by atoms with Crippen LogP contribution in [0.5, 0.6) is 0 Å². The van der Waals surface area contributed by atoms with Crippen LogP contribution in [0.3, 0.4) is 0 Å². The highest BCUT2D eigenvalue weighted by atomic mass is 16.2. The van der Waals surface area contributed by atoms with Gasteiger partial charge in [0.05, 0.1) is 0 Å². The smallest absolute Gasteiger partial charge is 0.223 e. The second-order valence-corrected chi connectivity index (χ2v) is 9.27. The first-order valence-electron chi connectivity index (χ1n) is 12.4. The van der Waals surface area contributed by atoms with Gasteiger partial charge in [-0.1, -0.05) is 43.3 Å². The van der Waals surface area contributed by atoms with Crippen molar-refractivity contribution in [2.24, 2.45) is 5.92 Å². The molecule has 1 atom stereocenters. The normalized spacial score (nSPS) is 15.6. The maximum absolute atomic E-state index is 12.7. The quantitative estimate of drug-likeness (QED) is 0.362. The minimum Gasteiger partial charge on any atom is -0.384 e. The number of amides is 1. The fourth-order valence-corrected chi connectivity index (χ4v) is 4.52. The molecule has 1 saturated heterocycles. The maximum Gasteiger partial charge on any atom is 0.223 e. The number of ketones is 1. The summed E-state index contributed by atoms with van der Waals surface area (Å²) in [4.78, 5) is 27.3. The van der Waals surface area contributed by atoms with Gasteiger partial charge in [0, 0.05) is 43.7 Å². The Morgan fingerprint density at radius 2 is 1.79 bits per heavy atom. The van der Waals surface area contributed by atoms with Crippen molar-refractivity contribution in [2.75, 3.05) is 38.0 Å². The molecule has 1 aliphatic rings. The Labute approximate surface area is 199 Å². The van der Waals surface area contributed by atoms with Gasteiger partial charge in [-0.25, -0.2) is 0 Å². The number of carbonyl (C=O) groups excluding carboxylic acids is 2. The summed E-state index contributed by atoms with van der Waals surface area (Å²) in [5, 5.41) is 6.98. The topological polar surface area (TPSA) is 61.4 Å². The van der Waals surface area contributed by atoms with Crippen LogP contribution in [-0.4, -0.2) is 49.3 Å². The van der Waals surface area contributed by atoms with E-state index in [-0.39, 0.29) is 24.5 Å². The molecule has 0 aliphatic carbocycles. The van der Waals surface area contributed by atoms with Crippen molar-refractivity contribution in [1.82, 2.24) is 10.2 Å². The maximum atomic E-state index is 12.7. The number of hydrogen-bond acceptors (Lipinski definition) is 4. The highest BCUT2D eigenvalue weighted by Gasteiger charge is 2.26. The summed E-state index contributed by atoms with van der Waals surface area (Å²) in [6.45, 7) is 10.7. The Hall–Kier alpha value is -2.66. The SMILES string of the molecule is CCCNCCc1cccc(C(=O)CCC(=O)N2CC[C@@H](CNc3c(C)cccc3C)C2)c1. The lowest BCUT2D eigenvalue weighted by Crippen LogP contribution is -2.30. The standard InChI is InChI=1S/C28H39N3O2/c1-4-15-29-16-13-23-9-6-10-25(18-23)26(32)11-12-27(33)31-17-14-24(20-31)19-30-28-21(2)7-5-8-22(28)3/h5-10,18,24,29-30H,4,11-17,19-20H2,1-3H3/t24-/m0/s1. The molecule has 5 nitrogen and oxygen atoms in total. The number of para-hydroxylation sites is 1. The van der Waals surface area contributed by atoms with Gasteiger partial charge in [0.15, 0.2) is 5.78 Å². The third-order valence-electron chi connectivity index (χ3n) is 6.52. The van der Waals surface area contributed by atoms with E-state index in [9.17, 15) is 9.59 Å². The van der Waals surface area contributed by atoms with Crippen LogP contribution in [0.15, 0.2) is 42.5 Å². The second kappa shape index (κ2) is 12.5. The molecule has 0 bridgehead atoms. The van der Waals surface area contributed by atoms with Crippen LogP contribution in [-0.2, 0) is 11.2 Å². The number of rotatable bonds is 12. The minimum absolute atomic E-state index is 0.0548. The number of nitrogens with one attached hydrogen (secondary N) is 2. The molecule has 0 radical (unpaired) electrons. The van der Waals surface area contributed by atoms with Crippen LogP contribution < -0.4 is 10.6 Å². The number of nitrogens with zero attached hydrogens (tertiary/aromatic N) is 1. The summed E-state index contributed by atoms with van der Waals surface area (Å²) in [6, 6.07) is 14.2. The van der Waals surface area contributed by atoms with Gasteiger partial charge in [0.2, 0.25) is 5.91 Å². The lowest BCUT2D eigenvalue weighted by Gasteiger charge is -2.18. The zero-order chi connectivity index (χ0) is 23.6. The molecule has 2 N–H and O–H groups in total. The van der Waals surface area contributed by atoms with Gasteiger partial charge in [-0.15, -0.1) is 0 Å². The van der Waals surface area contributed by atoms with E-state index in [1.54, 1.807) is 0 Å². The zero-order valence-corrected chi connectivity index (χ0v) is 20.5. The fraction of sp³-hybridized carbons (Fsp3) is 0.500. The molecule has 0 saturated carbocycles. The van der Waals surface area contributed by atoms with Crippen LogP contribution in [0, 0.1) is 19.8 Å². The van der Waals surface area contributed by atoms with Crippen molar-refractivity contribution in [3.05, 3.63) is 64.7 Å². The molecule has 33 heavy (non-hydrogen) atoms. The van der Waals surface area contributed by atoms with Gasteiger partial charge in [0.1, 0.15) is 0 Å². The summed E-state index contributed by atoms with van der Waals surface area (Å²) in [5.74, 6) is 0.596. The molecule has 5 heteroatoms. The molecule has 0 unspecified atom stereocenters. The van der Waals surface area contributed by atoms with E-state index in [2.05, 4.69) is 55.7 Å². The van der Waals surface area contributed by atoms with E-state index >= 15 is 0 Å². The van der Waals surface area contributed by atoms with Crippen LogP contribution in [0.25, 0.3) is 0 Å². The summed E-state index contributed by atoms with van der Waals surface area (Å²) in [5.41, 5.74) is 5.58. The Morgan fingerprint density at radius 3 is 2.55 bits per heavy atom. The number of benzene rings is 2. The van der Waals surface area contributed by atoms with Crippen molar-refractivity contribution >= 4 is 17.4 Å². The predicted octanol–water partition coefficient (Wildman–Crippen LogP) is 4.77. The molecule has 0 spiro atoms. The van der Waals surface area contributed by atoms with Gasteiger partial charge in [0.25, 0.3) is 0 Å². The molecule has 3 rings (SSSR count). The van der Waals surface area contributed by atoms with Gasteiger partial charge in [-0.05, 0) is 74.9 Å². The van der Waals surface area contributed by atoms with E-state index in [1.165, 1.54) is 16.8 Å². The molecule has 1 heterocycles. The Bertz CT molecular complexity index is 920. The van der Waals surface area contributed by atoms with Crippen molar-refractivity contribution in [2.45, 2.75) is 52.9 Å². The lowest BCUT2D eigenvalue weighted by atomic mass is 10.0. The van der Waals surface area contributed by atoms with Gasteiger partial charge < -0.3 is 15.5 Å². The van der Waals surface area contributed by atoms with Crippen LogP contribution in [0.2, 0.25) is 0 Å². The molecule has 1 fully saturated rings. The molecule has 1 amide bonds. The van der Waals surface area contributed by atoms with Gasteiger partial charge in [-0.3, -0.25) is 9.59 Å². The highest BCUT2D eigenvalue weighted by Crippen LogP contribution is 2.23. The van der Waals surface area contributed by atoms with Crippen LogP contribution in [0.4, 0.5) is 5.69 Å². The molecule has 2 aromatic carbocycles. The first-order valence-corrected chi connectivity index (χ1v) is 12.4. The van der Waals surface area contributed by atoms with Crippen LogP contribution >= 0.6 is 0 Å². The number of carbonyl (C=O) groups is 2. The zero-order valence-electron chi connectivity index (χ0n) is 20.5. The highest BCUT2D eigenvalue weighted by molar-refractivity contribution is 5.98. The summed E-state index contributed by atoms with van der Waals surface area (Å²) < 4.78 is 0.